The number of rotatable bonds is 13. The lowest BCUT2D eigenvalue weighted by Gasteiger charge is -2.36. The number of benzene rings is 3. The van der Waals surface area contributed by atoms with Crippen LogP contribution in [-0.2, 0) is 37.3 Å². The molecular formula is C34H41N7O5S. The van der Waals surface area contributed by atoms with E-state index in [9.17, 15) is 18.0 Å². The van der Waals surface area contributed by atoms with Crippen LogP contribution < -0.4 is 15.4 Å². The Kier molecular flexibility index (Phi) is 10.6. The van der Waals surface area contributed by atoms with E-state index in [1.54, 1.807) is 66.1 Å². The first-order valence-corrected chi connectivity index (χ1v) is 17.1. The predicted octanol–water partition coefficient (Wildman–Crippen LogP) is 3.27. The topological polar surface area (TPSA) is 164 Å². The number of anilines is 1. The number of nitrogens with zero attached hydrogens (tertiary/aromatic N) is 4. The van der Waals surface area contributed by atoms with E-state index < -0.39 is 21.9 Å². The highest BCUT2D eigenvalue weighted by Gasteiger charge is 2.32. The van der Waals surface area contributed by atoms with Crippen LogP contribution in [0.25, 0.3) is 11.0 Å². The van der Waals surface area contributed by atoms with Gasteiger partial charge in [0.15, 0.2) is 0 Å². The van der Waals surface area contributed by atoms with E-state index in [1.165, 1.54) is 4.31 Å². The van der Waals surface area contributed by atoms with E-state index in [0.717, 1.165) is 31.4 Å². The third kappa shape index (κ3) is 7.80. The lowest BCUT2D eigenvalue weighted by molar-refractivity contribution is -0.143. The molecule has 1 fully saturated rings. The van der Waals surface area contributed by atoms with E-state index in [0.29, 0.717) is 34.5 Å². The number of hydrogen-bond donors (Lipinski definition) is 3. The van der Waals surface area contributed by atoms with E-state index in [4.69, 9.17) is 20.9 Å². The van der Waals surface area contributed by atoms with E-state index in [-0.39, 0.29) is 43.0 Å². The summed E-state index contributed by atoms with van der Waals surface area (Å²) in [5.41, 5.74) is 8.53. The molecule has 3 aromatic carbocycles. The fraction of sp³-hybridized carbons (Fsp3) is 0.353. The van der Waals surface area contributed by atoms with Gasteiger partial charge in [-0.05, 0) is 63.2 Å². The maximum Gasteiger partial charge on any atom is 0.325 e. The highest BCUT2D eigenvalue weighted by Crippen LogP contribution is 2.33. The summed E-state index contributed by atoms with van der Waals surface area (Å²) >= 11 is 0. The van der Waals surface area contributed by atoms with Crippen LogP contribution in [0.15, 0.2) is 77.7 Å². The predicted molar refractivity (Wildman–Crippen MR) is 181 cm³/mol. The number of amides is 1. The Bertz CT molecular complexity index is 1840. The van der Waals surface area contributed by atoms with Gasteiger partial charge in [0.2, 0.25) is 5.91 Å². The minimum atomic E-state index is -4.00. The maximum absolute atomic E-state index is 14.3. The van der Waals surface area contributed by atoms with Crippen molar-refractivity contribution in [1.29, 1.82) is 5.41 Å². The summed E-state index contributed by atoms with van der Waals surface area (Å²) in [5, 5.41) is 10.3. The van der Waals surface area contributed by atoms with Gasteiger partial charge in [-0.3, -0.25) is 19.3 Å². The van der Waals surface area contributed by atoms with Gasteiger partial charge in [-0.25, -0.2) is 13.4 Å². The first kappa shape index (κ1) is 33.6. The van der Waals surface area contributed by atoms with Crippen LogP contribution >= 0.6 is 0 Å². The number of ether oxygens (including phenoxy) is 1. The van der Waals surface area contributed by atoms with Gasteiger partial charge < -0.3 is 25.3 Å². The average molecular weight is 660 g/mol. The number of hydrogen-bond acceptors (Lipinski definition) is 8. The van der Waals surface area contributed by atoms with Crippen LogP contribution in [0.4, 0.5) is 5.69 Å². The number of sulfonamides is 1. The molecule has 1 atom stereocenters. The molecule has 1 saturated heterocycles. The smallest absolute Gasteiger partial charge is 0.325 e. The van der Waals surface area contributed by atoms with Gasteiger partial charge in [0.1, 0.15) is 30.3 Å². The number of nitrogen functional groups attached to an aromatic ring is 1. The number of nitrogens with one attached hydrogen (secondary N) is 2. The first-order valence-electron chi connectivity index (χ1n) is 15.7. The lowest BCUT2D eigenvalue weighted by Crippen LogP contribution is -2.46. The monoisotopic (exact) mass is 659 g/mol. The number of piperidine rings is 1. The lowest BCUT2D eigenvalue weighted by atomic mass is 10.0. The number of carbonyl (C=O) groups excluding carboxylic acids is 2. The summed E-state index contributed by atoms with van der Waals surface area (Å²) in [7, 11) is -1.97. The molecule has 0 spiro atoms. The van der Waals surface area contributed by atoms with Gasteiger partial charge >= 0.3 is 5.97 Å². The van der Waals surface area contributed by atoms with Crippen molar-refractivity contribution >= 4 is 44.5 Å². The van der Waals surface area contributed by atoms with Crippen LogP contribution in [0.2, 0.25) is 0 Å². The summed E-state index contributed by atoms with van der Waals surface area (Å²) in [4.78, 5) is 32.4. The van der Waals surface area contributed by atoms with Crippen molar-refractivity contribution in [2.24, 2.45) is 5.73 Å². The Balaban J connectivity index is 1.60. The van der Waals surface area contributed by atoms with Crippen molar-refractivity contribution < 1.29 is 22.7 Å². The molecule has 1 aliphatic rings. The molecule has 4 aromatic rings. The molecule has 47 heavy (non-hydrogen) atoms. The molecule has 4 N–H and O–H groups in total. The normalized spacial score (nSPS) is 15.3. The van der Waals surface area contributed by atoms with Gasteiger partial charge in [-0.15, -0.1) is 0 Å². The van der Waals surface area contributed by atoms with Gasteiger partial charge in [-0.1, -0.05) is 55.0 Å². The van der Waals surface area contributed by atoms with Crippen LogP contribution in [0.3, 0.4) is 0 Å². The van der Waals surface area contributed by atoms with Crippen LogP contribution in [0.1, 0.15) is 43.1 Å². The number of likely N-dealkylation sites (tertiary alicyclic amines) is 1. The highest BCUT2D eigenvalue weighted by atomic mass is 32.2. The molecule has 13 heteroatoms. The number of fused-ring (bicyclic) bond motifs is 1. The number of nitrogens with two attached hydrogens (primary N) is 1. The van der Waals surface area contributed by atoms with Gasteiger partial charge in [-0.2, -0.15) is 0 Å². The van der Waals surface area contributed by atoms with Crippen LogP contribution in [0.5, 0.6) is 0 Å². The summed E-state index contributed by atoms with van der Waals surface area (Å²) < 4.78 is 36.8. The number of carbonyl (C=O) groups is 2. The standard InChI is InChI=1S/C34H41N7O5S/c1-3-46-32(43)21-37-31(42)23-40-28-13-9-14-29(33(28)38-30(40)20-24-15-17-25(18-16-24)34(35)36)41(22-26-10-7-8-19-39(26)2)47(44,45)27-11-5-4-6-12-27/h4-6,9,11-18,26H,3,7-8,10,19-23H2,1-2H3,(H3,35,36)(H,37,42)/t26-/m0/s1. The van der Waals surface area contributed by atoms with E-state index in [2.05, 4.69) is 10.2 Å². The quantitative estimate of drug-likeness (QED) is 0.112. The molecule has 0 saturated carbocycles. The Morgan fingerprint density at radius 3 is 2.49 bits per heavy atom. The molecule has 0 bridgehead atoms. The van der Waals surface area contributed by atoms with Gasteiger partial charge in [0, 0.05) is 18.0 Å². The zero-order valence-corrected chi connectivity index (χ0v) is 27.5. The number of esters is 1. The number of para-hydroxylation sites is 1. The maximum atomic E-state index is 14.3. The zero-order valence-electron chi connectivity index (χ0n) is 26.7. The fourth-order valence-corrected chi connectivity index (χ4v) is 7.40. The summed E-state index contributed by atoms with van der Waals surface area (Å²) in [6.07, 6.45) is 3.26. The second kappa shape index (κ2) is 14.8. The van der Waals surface area contributed by atoms with Crippen molar-refractivity contribution in [2.45, 2.75) is 50.1 Å². The first-order chi connectivity index (χ1) is 22.6. The second-order valence-electron chi connectivity index (χ2n) is 11.6. The fourth-order valence-electron chi connectivity index (χ4n) is 5.87. The Hall–Kier alpha value is -4.75. The molecule has 12 nitrogen and oxygen atoms in total. The van der Waals surface area contributed by atoms with Gasteiger partial charge in [0.05, 0.1) is 29.3 Å². The number of likely N-dealkylation sites (N-methyl/N-ethyl adjacent to an activating group) is 1. The largest absolute Gasteiger partial charge is 0.465 e. The third-order valence-electron chi connectivity index (χ3n) is 8.40. The number of aromatic nitrogens is 2. The SMILES string of the molecule is CCOC(=O)CNC(=O)Cn1c(Cc2ccc(C(=N)N)cc2)nc2c(N(C[C@@H]3CCCCN3C)S(=O)(=O)c3ccccc3)cccc21. The van der Waals surface area contributed by atoms with Crippen LogP contribution in [-0.4, -0.2) is 79.9 Å². The summed E-state index contributed by atoms with van der Waals surface area (Å²) in [6.45, 7) is 2.59. The summed E-state index contributed by atoms with van der Waals surface area (Å²) in [6, 6.07) is 20.9. The Morgan fingerprint density at radius 1 is 1.06 bits per heavy atom. The van der Waals surface area contributed by atoms with Crippen molar-refractivity contribution in [3.63, 3.8) is 0 Å². The molecule has 248 valence electrons. The molecular weight excluding hydrogens is 618 g/mol. The molecule has 2 heterocycles. The zero-order chi connectivity index (χ0) is 33.6. The van der Waals surface area contributed by atoms with Crippen molar-refractivity contribution in [2.75, 3.05) is 37.6 Å². The molecule has 5 rings (SSSR count). The van der Waals surface area contributed by atoms with E-state index in [1.807, 2.05) is 25.2 Å². The number of imidazole rings is 1. The van der Waals surface area contributed by atoms with E-state index >= 15 is 0 Å². The summed E-state index contributed by atoms with van der Waals surface area (Å²) in [5.74, 6) is -0.483. The Morgan fingerprint density at radius 2 is 1.81 bits per heavy atom. The minimum absolute atomic E-state index is 0.00694. The average Bonchev–Trinajstić information content (AvgIpc) is 3.40. The minimum Gasteiger partial charge on any atom is -0.465 e. The van der Waals surface area contributed by atoms with Gasteiger partial charge in [0.25, 0.3) is 10.0 Å². The molecule has 1 amide bonds. The second-order valence-corrected chi connectivity index (χ2v) is 13.5. The molecule has 0 unspecified atom stereocenters. The van der Waals surface area contributed by atoms with Crippen molar-refractivity contribution in [3.8, 4) is 0 Å². The molecule has 1 aliphatic heterocycles. The third-order valence-corrected chi connectivity index (χ3v) is 10.2. The van der Waals surface area contributed by atoms with Crippen LogP contribution in [0, 0.1) is 5.41 Å². The molecule has 0 aliphatic carbocycles. The van der Waals surface area contributed by atoms with Crippen molar-refractivity contribution in [1.82, 2.24) is 19.8 Å². The number of amidine groups is 1. The van der Waals surface area contributed by atoms with Crippen molar-refractivity contribution in [3.05, 3.63) is 89.7 Å². The molecule has 0 radical (unpaired) electrons. The highest BCUT2D eigenvalue weighted by molar-refractivity contribution is 7.92. The Labute approximate surface area is 275 Å². The molecule has 1 aromatic heterocycles.